The van der Waals surface area contributed by atoms with Gasteiger partial charge in [0.2, 0.25) is 12.3 Å². The third-order valence-corrected chi connectivity index (χ3v) is 3.87. The van der Waals surface area contributed by atoms with E-state index in [1.54, 1.807) is 41.2 Å². The molecule has 0 saturated carbocycles. The number of nitrogens with one attached hydrogen (secondary N) is 1. The van der Waals surface area contributed by atoms with E-state index in [0.717, 1.165) is 5.56 Å². The summed E-state index contributed by atoms with van der Waals surface area (Å²) in [6.45, 7) is 0.733. The number of rotatable bonds is 6. The first kappa shape index (κ1) is 19.5. The second kappa shape index (κ2) is 9.63. The quantitative estimate of drug-likeness (QED) is 0.451. The monoisotopic (exact) mass is 410 g/mol. The molecule has 132 valence electrons. The number of benzene rings is 2. The lowest BCUT2D eigenvalue weighted by molar-refractivity contribution is -0.683. The van der Waals surface area contributed by atoms with Crippen LogP contribution in [0.25, 0.3) is 0 Å². The molecule has 4 nitrogen and oxygen atoms in total. The van der Waals surface area contributed by atoms with Crippen molar-refractivity contribution < 1.29 is 31.1 Å². The van der Waals surface area contributed by atoms with E-state index in [4.69, 9.17) is 0 Å². The predicted molar refractivity (Wildman–Crippen MR) is 95.0 cm³/mol. The fraction of sp³-hybridized carbons (Fsp3) is 0.0952. The molecule has 0 bridgehead atoms. The maximum atomic E-state index is 12.2. The highest BCUT2D eigenvalue weighted by Gasteiger charge is 2.13. The van der Waals surface area contributed by atoms with Gasteiger partial charge < -0.3 is 22.3 Å². The number of hydrogen-bond donors (Lipinski definition) is 1. The SMILES string of the molecule is O=C(C[n+]1ccc(C(=O)NCc2ccccc2)cc1)c1ccccc1.[Br-]. The minimum absolute atomic E-state index is 0. The number of carbonyl (C=O) groups is 2. The first-order valence-corrected chi connectivity index (χ1v) is 8.12. The highest BCUT2D eigenvalue weighted by Crippen LogP contribution is 2.02. The van der Waals surface area contributed by atoms with Gasteiger partial charge in [0.1, 0.15) is 0 Å². The van der Waals surface area contributed by atoms with Crippen molar-refractivity contribution >= 4 is 11.7 Å². The van der Waals surface area contributed by atoms with Crippen molar-refractivity contribution in [1.82, 2.24) is 5.32 Å². The Morgan fingerprint density at radius 2 is 1.35 bits per heavy atom. The highest BCUT2D eigenvalue weighted by atomic mass is 79.9. The largest absolute Gasteiger partial charge is 1.00 e. The molecule has 0 saturated heterocycles. The average molecular weight is 411 g/mol. The number of ketones is 1. The van der Waals surface area contributed by atoms with Gasteiger partial charge in [0.05, 0.1) is 5.56 Å². The molecule has 3 rings (SSSR count). The molecule has 0 aliphatic carbocycles. The van der Waals surface area contributed by atoms with Gasteiger partial charge in [-0.25, -0.2) is 0 Å². The number of aromatic nitrogens is 1. The number of nitrogens with zero attached hydrogens (tertiary/aromatic N) is 1. The van der Waals surface area contributed by atoms with Gasteiger partial charge >= 0.3 is 0 Å². The molecule has 0 fully saturated rings. The van der Waals surface area contributed by atoms with Crippen LogP contribution in [0.4, 0.5) is 0 Å². The van der Waals surface area contributed by atoms with E-state index in [1.807, 2.05) is 48.5 Å². The number of halogens is 1. The molecule has 0 aliphatic rings. The smallest absolute Gasteiger partial charge is 0.252 e. The molecule has 5 heteroatoms. The van der Waals surface area contributed by atoms with Gasteiger partial charge in [0, 0.05) is 24.2 Å². The molecule has 0 radical (unpaired) electrons. The molecule has 26 heavy (non-hydrogen) atoms. The van der Waals surface area contributed by atoms with E-state index in [9.17, 15) is 9.59 Å². The van der Waals surface area contributed by atoms with E-state index < -0.39 is 0 Å². The number of hydrogen-bond acceptors (Lipinski definition) is 2. The van der Waals surface area contributed by atoms with Crippen LogP contribution in [0.15, 0.2) is 85.2 Å². The van der Waals surface area contributed by atoms with E-state index in [2.05, 4.69) is 5.32 Å². The molecule has 0 aliphatic heterocycles. The van der Waals surface area contributed by atoms with Gasteiger partial charge in [0.15, 0.2) is 12.4 Å². The predicted octanol–water partition coefficient (Wildman–Crippen LogP) is -0.209. The topological polar surface area (TPSA) is 50.0 Å². The van der Waals surface area contributed by atoms with Crippen molar-refractivity contribution in [2.75, 3.05) is 0 Å². The zero-order chi connectivity index (χ0) is 17.5. The molecule has 2 aromatic carbocycles. The number of pyridine rings is 1. The van der Waals surface area contributed by atoms with Crippen LogP contribution in [-0.4, -0.2) is 11.7 Å². The Morgan fingerprint density at radius 3 is 1.96 bits per heavy atom. The molecule has 3 aromatic rings. The third-order valence-electron chi connectivity index (χ3n) is 3.87. The van der Waals surface area contributed by atoms with Crippen molar-refractivity contribution in [3.63, 3.8) is 0 Å². The summed E-state index contributed by atoms with van der Waals surface area (Å²) in [6, 6.07) is 22.4. The zero-order valence-electron chi connectivity index (χ0n) is 14.1. The summed E-state index contributed by atoms with van der Waals surface area (Å²) in [4.78, 5) is 24.4. The normalized spacial score (nSPS) is 9.85. The van der Waals surface area contributed by atoms with Crippen molar-refractivity contribution in [3.05, 3.63) is 102 Å². The molecular formula is C21H19BrN2O2. The lowest BCUT2D eigenvalue weighted by Crippen LogP contribution is -3.00. The molecule has 1 heterocycles. The van der Waals surface area contributed by atoms with Crippen LogP contribution in [0.1, 0.15) is 26.3 Å². The summed E-state index contributed by atoms with van der Waals surface area (Å²) in [5.74, 6) is -0.0998. The Labute approximate surface area is 163 Å². The molecular weight excluding hydrogens is 392 g/mol. The van der Waals surface area contributed by atoms with Gasteiger partial charge in [0.25, 0.3) is 5.91 Å². The fourth-order valence-corrected chi connectivity index (χ4v) is 2.48. The van der Waals surface area contributed by atoms with Crippen LogP contribution in [-0.2, 0) is 13.1 Å². The maximum Gasteiger partial charge on any atom is 0.252 e. The Kier molecular flexibility index (Phi) is 7.24. The maximum absolute atomic E-state index is 12.2. The third kappa shape index (κ3) is 5.36. The molecule has 1 amide bonds. The molecule has 1 aromatic heterocycles. The summed E-state index contributed by atoms with van der Waals surface area (Å²) in [6.07, 6.45) is 3.50. The minimum atomic E-state index is -0.134. The standard InChI is InChI=1S/C21H18N2O2.BrH/c24-20(18-9-5-2-6-10-18)16-23-13-11-19(12-14-23)21(25)22-15-17-7-3-1-4-8-17;/h1-14H,15-16H2;1H. The number of carbonyl (C=O) groups excluding carboxylic acids is 2. The summed E-state index contributed by atoms with van der Waals surface area (Å²) >= 11 is 0. The van der Waals surface area contributed by atoms with Gasteiger partial charge in [-0.15, -0.1) is 0 Å². The highest BCUT2D eigenvalue weighted by molar-refractivity contribution is 5.95. The van der Waals surface area contributed by atoms with Crippen LogP contribution >= 0.6 is 0 Å². The fourth-order valence-electron chi connectivity index (χ4n) is 2.48. The van der Waals surface area contributed by atoms with Crippen molar-refractivity contribution in [1.29, 1.82) is 0 Å². The van der Waals surface area contributed by atoms with Gasteiger partial charge in [-0.1, -0.05) is 60.7 Å². The van der Waals surface area contributed by atoms with E-state index >= 15 is 0 Å². The Morgan fingerprint density at radius 1 is 0.769 bits per heavy atom. The van der Waals surface area contributed by atoms with Crippen molar-refractivity contribution in [2.45, 2.75) is 13.1 Å². The minimum Gasteiger partial charge on any atom is -1.00 e. The molecule has 0 unspecified atom stereocenters. The van der Waals surface area contributed by atoms with Crippen LogP contribution in [0.5, 0.6) is 0 Å². The van der Waals surface area contributed by atoms with Crippen LogP contribution in [0.2, 0.25) is 0 Å². The van der Waals surface area contributed by atoms with E-state index in [-0.39, 0.29) is 35.2 Å². The number of Topliss-reactive ketones (excluding diaryl/α,β-unsaturated/α-hetero) is 1. The second-order valence-corrected chi connectivity index (χ2v) is 5.72. The molecule has 0 spiro atoms. The van der Waals surface area contributed by atoms with Crippen molar-refractivity contribution in [2.24, 2.45) is 0 Å². The first-order valence-electron chi connectivity index (χ1n) is 8.12. The summed E-state index contributed by atoms with van der Waals surface area (Å²) in [7, 11) is 0. The Hall–Kier alpha value is -2.79. The molecule has 1 N–H and O–H groups in total. The average Bonchev–Trinajstić information content (AvgIpc) is 2.68. The zero-order valence-corrected chi connectivity index (χ0v) is 15.7. The lowest BCUT2D eigenvalue weighted by Gasteiger charge is -2.05. The van der Waals surface area contributed by atoms with Gasteiger partial charge in [-0.3, -0.25) is 9.59 Å². The lowest BCUT2D eigenvalue weighted by atomic mass is 10.1. The summed E-state index contributed by atoms with van der Waals surface area (Å²) < 4.78 is 1.77. The number of amides is 1. The van der Waals surface area contributed by atoms with Gasteiger partial charge in [-0.05, 0) is 5.56 Å². The van der Waals surface area contributed by atoms with Crippen molar-refractivity contribution in [3.8, 4) is 0 Å². The van der Waals surface area contributed by atoms with Crippen LogP contribution in [0, 0.1) is 0 Å². The van der Waals surface area contributed by atoms with Crippen LogP contribution in [0.3, 0.4) is 0 Å². The summed E-state index contributed by atoms with van der Waals surface area (Å²) in [5, 5.41) is 2.89. The van der Waals surface area contributed by atoms with E-state index in [0.29, 0.717) is 17.7 Å². The molecule has 0 atom stereocenters. The second-order valence-electron chi connectivity index (χ2n) is 5.72. The van der Waals surface area contributed by atoms with E-state index in [1.165, 1.54) is 0 Å². The van der Waals surface area contributed by atoms with Crippen LogP contribution < -0.4 is 26.9 Å². The first-order chi connectivity index (χ1) is 12.2. The van der Waals surface area contributed by atoms with Gasteiger partial charge in [-0.2, -0.15) is 4.57 Å². The summed E-state index contributed by atoms with van der Waals surface area (Å²) in [5.41, 5.74) is 2.30. The Balaban J connectivity index is 0.00000243. The Bertz CT molecular complexity index is 850.